The Hall–Kier alpha value is -3.15. The monoisotopic (exact) mass is 337 g/mol. The van der Waals surface area contributed by atoms with Gasteiger partial charge in [0.25, 0.3) is 0 Å². The van der Waals surface area contributed by atoms with Gasteiger partial charge in [-0.25, -0.2) is 5.43 Å². The summed E-state index contributed by atoms with van der Waals surface area (Å²) in [5, 5.41) is 3.96. The first-order chi connectivity index (χ1) is 12.2. The first kappa shape index (κ1) is 16.7. The van der Waals surface area contributed by atoms with Crippen molar-refractivity contribution in [3.05, 3.63) is 60.2 Å². The Balaban J connectivity index is 1.59. The first-order valence-corrected chi connectivity index (χ1v) is 8.00. The van der Waals surface area contributed by atoms with E-state index in [9.17, 15) is 9.59 Å². The topological polar surface area (TPSA) is 71.0 Å². The molecule has 0 spiro atoms. The van der Waals surface area contributed by atoms with Crippen LogP contribution in [-0.4, -0.2) is 31.7 Å². The van der Waals surface area contributed by atoms with Crippen molar-refractivity contribution in [2.45, 2.75) is 6.42 Å². The van der Waals surface area contributed by atoms with E-state index in [4.69, 9.17) is 4.74 Å². The molecule has 1 fully saturated rings. The van der Waals surface area contributed by atoms with E-state index < -0.39 is 5.92 Å². The maximum atomic E-state index is 12.2. The lowest BCUT2D eigenvalue weighted by Gasteiger charge is -2.16. The highest BCUT2D eigenvalue weighted by molar-refractivity contribution is 6.00. The number of anilines is 1. The van der Waals surface area contributed by atoms with Crippen molar-refractivity contribution in [2.24, 2.45) is 11.0 Å². The Labute approximate surface area is 146 Å². The summed E-state index contributed by atoms with van der Waals surface area (Å²) in [4.78, 5) is 26.1. The minimum absolute atomic E-state index is 0.0719. The minimum Gasteiger partial charge on any atom is -0.497 e. The highest BCUT2D eigenvalue weighted by Crippen LogP contribution is 2.26. The van der Waals surface area contributed by atoms with E-state index >= 15 is 0 Å². The van der Waals surface area contributed by atoms with Gasteiger partial charge in [-0.15, -0.1) is 0 Å². The van der Waals surface area contributed by atoms with Crippen molar-refractivity contribution in [1.29, 1.82) is 0 Å². The molecule has 1 N–H and O–H groups in total. The Morgan fingerprint density at radius 3 is 2.60 bits per heavy atom. The van der Waals surface area contributed by atoms with Crippen LogP contribution in [0, 0.1) is 5.92 Å². The van der Waals surface area contributed by atoms with Crippen molar-refractivity contribution >= 4 is 23.7 Å². The number of hydrazone groups is 1. The molecule has 3 rings (SSSR count). The zero-order valence-electron chi connectivity index (χ0n) is 13.9. The van der Waals surface area contributed by atoms with Crippen molar-refractivity contribution in [2.75, 3.05) is 18.6 Å². The molecule has 1 saturated heterocycles. The van der Waals surface area contributed by atoms with E-state index in [2.05, 4.69) is 10.5 Å². The zero-order valence-corrected chi connectivity index (χ0v) is 13.9. The van der Waals surface area contributed by atoms with Crippen LogP contribution in [0.5, 0.6) is 5.75 Å². The molecule has 0 aromatic heterocycles. The van der Waals surface area contributed by atoms with Gasteiger partial charge in [0.05, 0.1) is 19.2 Å². The zero-order chi connectivity index (χ0) is 17.6. The van der Waals surface area contributed by atoms with Crippen LogP contribution in [0.15, 0.2) is 59.7 Å². The molecule has 0 bridgehead atoms. The number of ether oxygens (including phenoxy) is 1. The summed E-state index contributed by atoms with van der Waals surface area (Å²) in [5.74, 6) is -0.0173. The maximum absolute atomic E-state index is 12.2. The van der Waals surface area contributed by atoms with E-state index in [1.165, 1.54) is 0 Å². The number of carbonyl (C=O) groups is 2. The Kier molecular flexibility index (Phi) is 5.09. The van der Waals surface area contributed by atoms with Crippen molar-refractivity contribution in [3.8, 4) is 5.75 Å². The molecule has 2 amide bonds. The highest BCUT2D eigenvalue weighted by atomic mass is 16.5. The summed E-state index contributed by atoms with van der Waals surface area (Å²) in [6.07, 6.45) is 1.76. The van der Waals surface area contributed by atoms with Crippen LogP contribution in [-0.2, 0) is 9.59 Å². The molecule has 25 heavy (non-hydrogen) atoms. The molecule has 2 aromatic rings. The van der Waals surface area contributed by atoms with Gasteiger partial charge in [-0.05, 0) is 29.8 Å². The Morgan fingerprint density at radius 2 is 1.92 bits per heavy atom. The average molecular weight is 337 g/mol. The molecule has 1 heterocycles. The Bertz CT molecular complexity index is 772. The van der Waals surface area contributed by atoms with E-state index in [0.717, 1.165) is 17.0 Å². The lowest BCUT2D eigenvalue weighted by Crippen LogP contribution is -2.30. The van der Waals surface area contributed by atoms with Gasteiger partial charge in [-0.2, -0.15) is 5.10 Å². The van der Waals surface area contributed by atoms with E-state index in [1.807, 2.05) is 42.5 Å². The number of rotatable bonds is 5. The average Bonchev–Trinajstić information content (AvgIpc) is 3.04. The summed E-state index contributed by atoms with van der Waals surface area (Å²) in [7, 11) is 1.59. The number of hydrogen-bond donors (Lipinski definition) is 1. The molecule has 6 heteroatoms. The lowest BCUT2D eigenvalue weighted by molar-refractivity contribution is -0.126. The molecule has 2 aromatic carbocycles. The van der Waals surface area contributed by atoms with Crippen molar-refractivity contribution < 1.29 is 14.3 Å². The van der Waals surface area contributed by atoms with Crippen LogP contribution in [0.2, 0.25) is 0 Å². The molecular weight excluding hydrogens is 318 g/mol. The van der Waals surface area contributed by atoms with Gasteiger partial charge in [0, 0.05) is 18.7 Å². The second-order valence-electron chi connectivity index (χ2n) is 5.75. The predicted octanol–water partition coefficient (Wildman–Crippen LogP) is 2.20. The second kappa shape index (κ2) is 7.61. The molecular formula is C19H19N3O3. The van der Waals surface area contributed by atoms with Gasteiger partial charge in [-0.3, -0.25) is 9.59 Å². The molecule has 1 aliphatic rings. The smallest absolute Gasteiger partial charge is 0.245 e. The number of nitrogens with one attached hydrogen (secondary N) is 1. The summed E-state index contributed by atoms with van der Waals surface area (Å²) in [5.41, 5.74) is 4.17. The van der Waals surface area contributed by atoms with E-state index in [1.54, 1.807) is 30.4 Å². The normalized spacial score (nSPS) is 17.1. The molecule has 1 aliphatic heterocycles. The van der Waals surface area contributed by atoms with Gasteiger partial charge < -0.3 is 9.64 Å². The van der Waals surface area contributed by atoms with Crippen LogP contribution >= 0.6 is 0 Å². The number of methoxy groups -OCH3 is 1. The number of hydrogen-bond acceptors (Lipinski definition) is 4. The molecule has 1 atom stereocenters. The third-order valence-corrected chi connectivity index (χ3v) is 4.07. The summed E-state index contributed by atoms with van der Waals surface area (Å²) >= 11 is 0. The van der Waals surface area contributed by atoms with Gasteiger partial charge in [0.15, 0.2) is 0 Å². The maximum Gasteiger partial charge on any atom is 0.245 e. The molecule has 0 aliphatic carbocycles. The molecule has 6 nitrogen and oxygen atoms in total. The fourth-order valence-corrected chi connectivity index (χ4v) is 2.70. The summed E-state index contributed by atoms with van der Waals surface area (Å²) < 4.78 is 5.12. The van der Waals surface area contributed by atoms with Crippen LogP contribution in [0.3, 0.4) is 0 Å². The molecule has 0 unspecified atom stereocenters. The van der Waals surface area contributed by atoms with Crippen LogP contribution in [0.25, 0.3) is 0 Å². The van der Waals surface area contributed by atoms with Crippen LogP contribution in [0.1, 0.15) is 12.0 Å². The second-order valence-corrected chi connectivity index (χ2v) is 5.75. The summed E-state index contributed by atoms with van der Waals surface area (Å²) in [6.45, 7) is 0.345. The number of amides is 2. The largest absolute Gasteiger partial charge is 0.497 e. The summed E-state index contributed by atoms with van der Waals surface area (Å²) in [6, 6.07) is 16.7. The molecule has 128 valence electrons. The third kappa shape index (κ3) is 4.03. The van der Waals surface area contributed by atoms with Crippen LogP contribution < -0.4 is 15.1 Å². The highest BCUT2D eigenvalue weighted by Gasteiger charge is 2.35. The molecule has 0 radical (unpaired) electrons. The van der Waals surface area contributed by atoms with Gasteiger partial charge in [0.2, 0.25) is 11.8 Å². The number of nitrogens with zero attached hydrogens (tertiary/aromatic N) is 2. The SMILES string of the molecule is COc1ccc(N2C[C@H](C(=O)N/N=C\c3ccccc3)CC2=O)cc1. The first-order valence-electron chi connectivity index (χ1n) is 8.00. The quantitative estimate of drug-likeness (QED) is 0.672. The lowest BCUT2D eigenvalue weighted by atomic mass is 10.1. The van der Waals surface area contributed by atoms with Gasteiger partial charge >= 0.3 is 0 Å². The number of benzene rings is 2. The predicted molar refractivity (Wildman–Crippen MR) is 95.6 cm³/mol. The van der Waals surface area contributed by atoms with Gasteiger partial charge in [0.1, 0.15) is 5.75 Å². The molecule has 0 saturated carbocycles. The van der Waals surface area contributed by atoms with E-state index in [0.29, 0.717) is 6.54 Å². The number of carbonyl (C=O) groups excluding carboxylic acids is 2. The van der Waals surface area contributed by atoms with Crippen molar-refractivity contribution in [1.82, 2.24) is 5.43 Å². The van der Waals surface area contributed by atoms with Gasteiger partial charge in [-0.1, -0.05) is 30.3 Å². The fraction of sp³-hybridized carbons (Fsp3) is 0.211. The van der Waals surface area contributed by atoms with E-state index in [-0.39, 0.29) is 18.2 Å². The van der Waals surface area contributed by atoms with Crippen molar-refractivity contribution in [3.63, 3.8) is 0 Å². The fourth-order valence-electron chi connectivity index (χ4n) is 2.70. The Morgan fingerprint density at radius 1 is 1.20 bits per heavy atom. The minimum atomic E-state index is -0.414. The third-order valence-electron chi connectivity index (χ3n) is 4.07. The standard InChI is InChI=1S/C19H19N3O3/c1-25-17-9-7-16(8-10-17)22-13-15(11-18(22)23)19(24)21-20-12-14-5-3-2-4-6-14/h2-10,12,15H,11,13H2,1H3,(H,21,24)/b20-12-/t15-/m1/s1. The van der Waals surface area contributed by atoms with Crippen LogP contribution in [0.4, 0.5) is 5.69 Å².